The third-order valence-electron chi connectivity index (χ3n) is 7.33. The standard InChI is InChI=1S/C28H32N4O2/c1-13-15(3)23(11-25-17(5)19(7)27(33)31-25)29-21(13)9-10-22-14(2)16(4)24(30-22)12-26-18(6)20(8)28(34)32-26/h9-12,29-31,33H,1-8H3/b21-9+,22-10+,23-11-,24-12-. The molecule has 34 heavy (non-hydrogen) atoms. The number of hydrogen-bond donors (Lipinski definition) is 4. The Kier molecular flexibility index (Phi) is 5.86. The van der Waals surface area contributed by atoms with E-state index in [9.17, 15) is 9.90 Å². The summed E-state index contributed by atoms with van der Waals surface area (Å²) in [7, 11) is 0. The first kappa shape index (κ1) is 23.4. The number of aromatic nitrogens is 3. The monoisotopic (exact) mass is 456 g/mol. The average molecular weight is 457 g/mol. The van der Waals surface area contributed by atoms with Crippen LogP contribution in [0.5, 0.6) is 5.88 Å². The van der Waals surface area contributed by atoms with Crippen LogP contribution in [0.3, 0.4) is 0 Å². The zero-order chi connectivity index (χ0) is 24.9. The Morgan fingerprint density at radius 2 is 1.12 bits per heavy atom. The molecule has 1 aliphatic heterocycles. The maximum absolute atomic E-state index is 11.9. The summed E-state index contributed by atoms with van der Waals surface area (Å²) in [5.74, 6) is 0.0543. The van der Waals surface area contributed by atoms with Crippen molar-refractivity contribution in [2.75, 3.05) is 0 Å². The maximum Gasteiger partial charge on any atom is 0.273 e. The van der Waals surface area contributed by atoms with Crippen molar-refractivity contribution >= 4 is 35.9 Å². The molecule has 1 amide bonds. The van der Waals surface area contributed by atoms with Crippen molar-refractivity contribution < 1.29 is 9.90 Å². The zero-order valence-electron chi connectivity index (χ0n) is 21.1. The number of aromatic hydroxyl groups is 1. The molecule has 0 spiro atoms. The molecule has 3 aromatic rings. The van der Waals surface area contributed by atoms with Gasteiger partial charge in [-0.3, -0.25) is 4.79 Å². The predicted molar refractivity (Wildman–Crippen MR) is 139 cm³/mol. The van der Waals surface area contributed by atoms with Gasteiger partial charge in [-0.05, 0) is 113 Å². The van der Waals surface area contributed by atoms with Gasteiger partial charge in [0.1, 0.15) is 0 Å². The van der Waals surface area contributed by atoms with E-state index in [0.717, 1.165) is 60.6 Å². The third kappa shape index (κ3) is 3.89. The number of aliphatic imine (C=N–C) groups is 1. The van der Waals surface area contributed by atoms with Crippen LogP contribution in [0.15, 0.2) is 16.1 Å². The first-order chi connectivity index (χ1) is 16.0. The van der Waals surface area contributed by atoms with Gasteiger partial charge in [0, 0.05) is 38.2 Å². The van der Waals surface area contributed by atoms with Crippen molar-refractivity contribution in [3.63, 3.8) is 0 Å². The van der Waals surface area contributed by atoms with E-state index in [2.05, 4.69) is 59.8 Å². The fourth-order valence-electron chi connectivity index (χ4n) is 4.15. The predicted octanol–water partition coefficient (Wildman–Crippen LogP) is 2.42. The normalized spacial score (nSPS) is 16.6. The van der Waals surface area contributed by atoms with E-state index in [1.54, 1.807) is 0 Å². The van der Waals surface area contributed by atoms with Gasteiger partial charge in [-0.15, -0.1) is 0 Å². The minimum Gasteiger partial charge on any atom is -0.494 e. The lowest BCUT2D eigenvalue weighted by molar-refractivity contribution is -0.114. The first-order valence-corrected chi connectivity index (χ1v) is 11.4. The van der Waals surface area contributed by atoms with Gasteiger partial charge >= 0.3 is 0 Å². The van der Waals surface area contributed by atoms with E-state index < -0.39 is 0 Å². The number of H-pyrrole nitrogens is 3. The lowest BCUT2D eigenvalue weighted by atomic mass is 10.1. The van der Waals surface area contributed by atoms with Gasteiger partial charge in [0.15, 0.2) is 5.88 Å². The minimum atomic E-state index is -0.157. The summed E-state index contributed by atoms with van der Waals surface area (Å²) in [5, 5.41) is 14.0. The van der Waals surface area contributed by atoms with Crippen molar-refractivity contribution in [1.82, 2.24) is 15.0 Å². The molecule has 4 N–H and O–H groups in total. The van der Waals surface area contributed by atoms with Crippen LogP contribution >= 0.6 is 0 Å². The van der Waals surface area contributed by atoms with Crippen LogP contribution in [0.4, 0.5) is 0 Å². The molecule has 0 unspecified atom stereocenters. The van der Waals surface area contributed by atoms with Gasteiger partial charge in [0.05, 0.1) is 5.71 Å². The van der Waals surface area contributed by atoms with E-state index in [1.807, 2.05) is 39.8 Å². The Morgan fingerprint density at radius 1 is 0.618 bits per heavy atom. The van der Waals surface area contributed by atoms with Crippen LogP contribution in [-0.2, 0) is 4.79 Å². The quantitative estimate of drug-likeness (QED) is 0.487. The van der Waals surface area contributed by atoms with Crippen molar-refractivity contribution in [2.24, 2.45) is 4.99 Å². The molecule has 0 fully saturated rings. The number of carbonyl (C=O) groups is 1. The number of carbonyl (C=O) groups excluding carboxylic acids is 1. The van der Waals surface area contributed by atoms with Gasteiger partial charge in [-0.2, -0.15) is 0 Å². The van der Waals surface area contributed by atoms with Crippen molar-refractivity contribution in [2.45, 2.75) is 55.4 Å². The molecule has 4 heterocycles. The highest BCUT2D eigenvalue weighted by atomic mass is 16.3. The van der Waals surface area contributed by atoms with Crippen LogP contribution in [0, 0.1) is 41.5 Å². The SMILES string of the molecule is CC1=C(C)C(/C=c2\[nH]/c(=C/C=c3/[nH]/c(=C\c4[nH]c(O)c(C)c4C)c(C)c3C)c(C)c2C)=NC1=O. The van der Waals surface area contributed by atoms with E-state index in [-0.39, 0.29) is 11.8 Å². The lowest BCUT2D eigenvalue weighted by Crippen LogP contribution is -2.14. The number of nitrogens with one attached hydrogen (secondary N) is 3. The average Bonchev–Trinajstić information content (AvgIpc) is 3.41. The van der Waals surface area contributed by atoms with E-state index >= 15 is 0 Å². The Balaban J connectivity index is 1.80. The third-order valence-corrected chi connectivity index (χ3v) is 7.33. The molecular weight excluding hydrogens is 424 g/mol. The molecule has 6 nitrogen and oxygen atoms in total. The summed E-state index contributed by atoms with van der Waals surface area (Å²) in [5.41, 5.74) is 9.80. The van der Waals surface area contributed by atoms with Crippen LogP contribution in [0.1, 0.15) is 52.9 Å². The Labute approximate surface area is 198 Å². The Hall–Kier alpha value is -3.80. The second-order valence-corrected chi connectivity index (χ2v) is 9.22. The number of aromatic amines is 3. The summed E-state index contributed by atoms with van der Waals surface area (Å²) in [6.07, 6.45) is 8.15. The molecule has 0 aromatic carbocycles. The van der Waals surface area contributed by atoms with Crippen molar-refractivity contribution in [1.29, 1.82) is 0 Å². The molecular formula is C28H32N4O2. The molecule has 4 rings (SSSR count). The maximum atomic E-state index is 11.9. The molecule has 176 valence electrons. The summed E-state index contributed by atoms with van der Waals surface area (Å²) in [6.45, 7) is 16.0. The number of allylic oxidation sites excluding steroid dienone is 1. The van der Waals surface area contributed by atoms with Gasteiger partial charge in [-0.1, -0.05) is 0 Å². The molecule has 0 bridgehead atoms. The summed E-state index contributed by atoms with van der Waals surface area (Å²) in [6, 6.07) is 0. The largest absolute Gasteiger partial charge is 0.494 e. The highest BCUT2D eigenvalue weighted by molar-refractivity contribution is 6.30. The summed E-state index contributed by atoms with van der Waals surface area (Å²) in [4.78, 5) is 26.1. The van der Waals surface area contributed by atoms with E-state index in [0.29, 0.717) is 5.57 Å². The molecule has 3 aromatic heterocycles. The second-order valence-electron chi connectivity index (χ2n) is 9.22. The van der Waals surface area contributed by atoms with Crippen molar-refractivity contribution in [3.8, 4) is 5.88 Å². The topological polar surface area (TPSA) is 97.0 Å². The zero-order valence-corrected chi connectivity index (χ0v) is 21.1. The molecule has 0 radical (unpaired) electrons. The molecule has 0 saturated carbocycles. The van der Waals surface area contributed by atoms with Gasteiger partial charge in [0.2, 0.25) is 0 Å². The van der Waals surface area contributed by atoms with Gasteiger partial charge in [-0.25, -0.2) is 4.99 Å². The summed E-state index contributed by atoms with van der Waals surface area (Å²) >= 11 is 0. The fourth-order valence-corrected chi connectivity index (χ4v) is 4.15. The van der Waals surface area contributed by atoms with Crippen molar-refractivity contribution in [3.05, 3.63) is 71.6 Å². The molecule has 0 aliphatic carbocycles. The number of nitrogens with zero attached hydrogens (tertiary/aromatic N) is 1. The number of hydrogen-bond acceptors (Lipinski definition) is 2. The Morgan fingerprint density at radius 3 is 1.56 bits per heavy atom. The highest BCUT2D eigenvalue weighted by Gasteiger charge is 2.18. The molecule has 6 heteroatoms. The van der Waals surface area contributed by atoms with Gasteiger partial charge in [0.25, 0.3) is 5.91 Å². The molecule has 0 saturated heterocycles. The minimum absolute atomic E-state index is 0.157. The smallest absolute Gasteiger partial charge is 0.273 e. The first-order valence-electron chi connectivity index (χ1n) is 11.4. The summed E-state index contributed by atoms with van der Waals surface area (Å²) < 4.78 is 0. The van der Waals surface area contributed by atoms with Crippen LogP contribution < -0.4 is 21.4 Å². The molecule has 1 aliphatic rings. The lowest BCUT2D eigenvalue weighted by Gasteiger charge is -1.94. The van der Waals surface area contributed by atoms with Crippen LogP contribution in [-0.4, -0.2) is 31.7 Å². The van der Waals surface area contributed by atoms with Gasteiger partial charge < -0.3 is 20.1 Å². The fraction of sp³-hybridized carbons (Fsp3) is 0.286. The number of amides is 1. The Bertz CT molecular complexity index is 1650. The van der Waals surface area contributed by atoms with E-state index in [4.69, 9.17) is 0 Å². The van der Waals surface area contributed by atoms with E-state index in [1.165, 1.54) is 11.1 Å². The van der Waals surface area contributed by atoms with Crippen LogP contribution in [0.2, 0.25) is 0 Å². The molecule has 0 atom stereocenters. The number of rotatable bonds is 3. The second kappa shape index (κ2) is 8.52. The highest BCUT2D eigenvalue weighted by Crippen LogP contribution is 2.22. The van der Waals surface area contributed by atoms with Crippen LogP contribution in [0.25, 0.3) is 24.3 Å².